The first kappa shape index (κ1) is 20.0. The van der Waals surface area contributed by atoms with Gasteiger partial charge in [0.05, 0.1) is 10.6 Å². The number of hydrogen-bond donors (Lipinski definition) is 1. The van der Waals surface area contributed by atoms with Gasteiger partial charge in [-0.05, 0) is 61.0 Å². The smallest absolute Gasteiger partial charge is 0.263 e. The van der Waals surface area contributed by atoms with E-state index in [-0.39, 0.29) is 28.3 Å². The number of rotatable bonds is 4. The highest BCUT2D eigenvalue weighted by molar-refractivity contribution is 8.00. The van der Waals surface area contributed by atoms with Gasteiger partial charge in [0.2, 0.25) is 5.91 Å². The lowest BCUT2D eigenvalue weighted by Crippen LogP contribution is -2.44. The third kappa shape index (κ3) is 4.26. The van der Waals surface area contributed by atoms with Gasteiger partial charge >= 0.3 is 0 Å². The number of hydrogen-bond acceptors (Lipinski definition) is 5. The fraction of sp³-hybridized carbons (Fsp3) is 0.611. The summed E-state index contributed by atoms with van der Waals surface area (Å²) in [7, 11) is 0. The zero-order chi connectivity index (χ0) is 19.1. The number of carbonyl (C=O) groups is 1. The van der Waals surface area contributed by atoms with Crippen LogP contribution in [0.25, 0.3) is 10.2 Å². The summed E-state index contributed by atoms with van der Waals surface area (Å²) < 4.78 is 1.70. The quantitative estimate of drug-likeness (QED) is 0.641. The van der Waals surface area contributed by atoms with Gasteiger partial charge in [0.25, 0.3) is 5.56 Å². The van der Waals surface area contributed by atoms with Crippen LogP contribution in [0.5, 0.6) is 0 Å². The van der Waals surface area contributed by atoms with Crippen molar-refractivity contribution in [1.82, 2.24) is 14.9 Å². The van der Waals surface area contributed by atoms with E-state index >= 15 is 0 Å². The summed E-state index contributed by atoms with van der Waals surface area (Å²) in [5.74, 6) is -0.0549. The summed E-state index contributed by atoms with van der Waals surface area (Å²) in [5.41, 5.74) is 0.693. The SMILES string of the molecule is Cc1sc2nc(SC(C)C(=O)NC(C)(C)C)n(C(C)C)c(=O)c2c1C. The molecule has 0 radical (unpaired) electrons. The van der Waals surface area contributed by atoms with E-state index in [0.29, 0.717) is 10.5 Å². The highest BCUT2D eigenvalue weighted by atomic mass is 32.2. The molecule has 5 nitrogen and oxygen atoms in total. The molecule has 2 aromatic heterocycles. The molecule has 0 aliphatic carbocycles. The first-order valence-corrected chi connectivity index (χ1v) is 10.1. The molecule has 2 rings (SSSR count). The molecule has 1 N–H and O–H groups in total. The topological polar surface area (TPSA) is 64.0 Å². The number of amides is 1. The minimum absolute atomic E-state index is 0.0206. The Morgan fingerprint density at radius 3 is 2.36 bits per heavy atom. The van der Waals surface area contributed by atoms with Crippen LogP contribution >= 0.6 is 23.1 Å². The summed E-state index contributed by atoms with van der Waals surface area (Å²) in [6, 6.07) is -0.0237. The third-order valence-corrected chi connectivity index (χ3v) is 6.04. The van der Waals surface area contributed by atoms with E-state index in [4.69, 9.17) is 4.98 Å². The Morgan fingerprint density at radius 1 is 1.24 bits per heavy atom. The van der Waals surface area contributed by atoms with Crippen LogP contribution in [0, 0.1) is 13.8 Å². The lowest BCUT2D eigenvalue weighted by molar-refractivity contribution is -0.121. The van der Waals surface area contributed by atoms with Crippen LogP contribution in [0.1, 0.15) is 58.0 Å². The lowest BCUT2D eigenvalue weighted by Gasteiger charge is -2.23. The van der Waals surface area contributed by atoms with E-state index in [2.05, 4.69) is 5.32 Å². The summed E-state index contributed by atoms with van der Waals surface area (Å²) in [6.45, 7) is 15.6. The molecular weight excluding hydrogens is 354 g/mol. The lowest BCUT2D eigenvalue weighted by atomic mass is 10.1. The maximum absolute atomic E-state index is 13.0. The largest absolute Gasteiger partial charge is 0.351 e. The Hall–Kier alpha value is -1.34. The maximum Gasteiger partial charge on any atom is 0.263 e. The van der Waals surface area contributed by atoms with Gasteiger partial charge in [-0.2, -0.15) is 0 Å². The predicted molar refractivity (Wildman–Crippen MR) is 107 cm³/mol. The molecule has 0 bridgehead atoms. The van der Waals surface area contributed by atoms with Crippen molar-refractivity contribution in [2.45, 2.75) is 77.4 Å². The zero-order valence-electron chi connectivity index (χ0n) is 16.2. The zero-order valence-corrected chi connectivity index (χ0v) is 17.8. The van der Waals surface area contributed by atoms with Crippen molar-refractivity contribution >= 4 is 39.2 Å². The molecule has 7 heteroatoms. The molecule has 1 amide bonds. The highest BCUT2D eigenvalue weighted by Gasteiger charge is 2.24. The molecule has 0 saturated heterocycles. The minimum Gasteiger partial charge on any atom is -0.351 e. The number of aryl methyl sites for hydroxylation is 2. The number of fused-ring (bicyclic) bond motifs is 1. The Kier molecular flexibility index (Phi) is 5.68. The number of aromatic nitrogens is 2. The van der Waals surface area contributed by atoms with Gasteiger partial charge in [0.15, 0.2) is 5.16 Å². The average molecular weight is 382 g/mol. The Labute approximate surface area is 157 Å². The van der Waals surface area contributed by atoms with Crippen molar-refractivity contribution in [2.75, 3.05) is 0 Å². The number of thiophene rings is 1. The fourth-order valence-electron chi connectivity index (χ4n) is 2.51. The monoisotopic (exact) mass is 381 g/mol. The molecule has 0 saturated carbocycles. The molecule has 1 unspecified atom stereocenters. The molecular formula is C18H27N3O2S2. The summed E-state index contributed by atoms with van der Waals surface area (Å²) in [5, 5.41) is 3.95. The first-order chi connectivity index (χ1) is 11.4. The first-order valence-electron chi connectivity index (χ1n) is 8.43. The third-order valence-electron chi connectivity index (χ3n) is 3.87. The van der Waals surface area contributed by atoms with Gasteiger partial charge in [-0.25, -0.2) is 4.98 Å². The molecule has 138 valence electrons. The van der Waals surface area contributed by atoms with E-state index in [9.17, 15) is 9.59 Å². The van der Waals surface area contributed by atoms with Gasteiger partial charge < -0.3 is 5.32 Å². The second-order valence-corrected chi connectivity index (χ2v) is 10.1. The summed E-state index contributed by atoms with van der Waals surface area (Å²) in [6.07, 6.45) is 0. The van der Waals surface area contributed by atoms with E-state index in [1.807, 2.05) is 55.4 Å². The summed E-state index contributed by atoms with van der Waals surface area (Å²) >= 11 is 2.87. The number of carbonyl (C=O) groups excluding carboxylic acids is 1. The molecule has 0 fully saturated rings. The van der Waals surface area contributed by atoms with E-state index < -0.39 is 0 Å². The number of thioether (sulfide) groups is 1. The van der Waals surface area contributed by atoms with E-state index in [1.165, 1.54) is 23.1 Å². The molecule has 1 atom stereocenters. The Balaban J connectivity index is 2.49. The molecule has 2 aromatic rings. The van der Waals surface area contributed by atoms with Crippen molar-refractivity contribution in [2.24, 2.45) is 0 Å². The second-order valence-electron chi connectivity index (χ2n) is 7.63. The van der Waals surface area contributed by atoms with Crippen LogP contribution in [0.4, 0.5) is 0 Å². The molecule has 2 heterocycles. The molecule has 25 heavy (non-hydrogen) atoms. The van der Waals surface area contributed by atoms with Crippen LogP contribution in [0.15, 0.2) is 9.95 Å². The van der Waals surface area contributed by atoms with Crippen molar-refractivity contribution in [3.05, 3.63) is 20.8 Å². The van der Waals surface area contributed by atoms with Crippen LogP contribution < -0.4 is 10.9 Å². The van der Waals surface area contributed by atoms with Gasteiger partial charge in [-0.1, -0.05) is 11.8 Å². The highest BCUT2D eigenvalue weighted by Crippen LogP contribution is 2.30. The number of nitrogens with one attached hydrogen (secondary N) is 1. The van der Waals surface area contributed by atoms with Crippen LogP contribution in [-0.4, -0.2) is 26.2 Å². The van der Waals surface area contributed by atoms with Crippen LogP contribution in [0.3, 0.4) is 0 Å². The molecule has 0 aliphatic rings. The van der Waals surface area contributed by atoms with Crippen molar-refractivity contribution in [1.29, 1.82) is 0 Å². The minimum atomic E-state index is -0.337. The van der Waals surface area contributed by atoms with Gasteiger partial charge in [-0.3, -0.25) is 14.2 Å². The van der Waals surface area contributed by atoms with Crippen molar-refractivity contribution in [3.63, 3.8) is 0 Å². The molecule has 0 spiro atoms. The standard InChI is InChI=1S/C18H27N3O2S2/c1-9(2)21-16(23)13-10(3)11(4)24-15(13)19-17(21)25-12(5)14(22)20-18(6,7)8/h9,12H,1-8H3,(H,20,22). The van der Waals surface area contributed by atoms with E-state index in [1.54, 1.807) is 4.57 Å². The van der Waals surface area contributed by atoms with Crippen molar-refractivity contribution in [3.8, 4) is 0 Å². The average Bonchev–Trinajstić information content (AvgIpc) is 2.71. The van der Waals surface area contributed by atoms with Crippen LogP contribution in [-0.2, 0) is 4.79 Å². The maximum atomic E-state index is 13.0. The van der Waals surface area contributed by atoms with Gasteiger partial charge in [0.1, 0.15) is 4.83 Å². The second kappa shape index (κ2) is 7.11. The van der Waals surface area contributed by atoms with Crippen molar-refractivity contribution < 1.29 is 4.79 Å². The van der Waals surface area contributed by atoms with Gasteiger partial charge in [-0.15, -0.1) is 11.3 Å². The summed E-state index contributed by atoms with van der Waals surface area (Å²) in [4.78, 5) is 32.0. The van der Waals surface area contributed by atoms with E-state index in [0.717, 1.165) is 15.3 Å². The van der Waals surface area contributed by atoms with Gasteiger partial charge in [0, 0.05) is 16.5 Å². The molecule has 0 aliphatic heterocycles. The number of nitrogens with zero attached hydrogens (tertiary/aromatic N) is 2. The molecule has 0 aromatic carbocycles. The fourth-order valence-corrected chi connectivity index (χ4v) is 4.62. The predicted octanol–water partition coefficient (Wildman–Crippen LogP) is 4.05. The Bertz CT molecular complexity index is 860. The van der Waals surface area contributed by atoms with Crippen LogP contribution in [0.2, 0.25) is 0 Å². The Morgan fingerprint density at radius 2 is 1.84 bits per heavy atom. The normalized spacial score (nSPS) is 13.5.